The number of nitrogens with zero attached hydrogens (tertiary/aromatic N) is 3. The van der Waals surface area contributed by atoms with Crippen molar-refractivity contribution in [3.63, 3.8) is 0 Å². The number of amides is 1. The SMILES string of the molecule is CN1CCC(N(C)C(=O)/C(C#N)=C\Nc2cccc(Br)c2)CC1. The van der Waals surface area contributed by atoms with Gasteiger partial charge in [0.15, 0.2) is 0 Å². The van der Waals surface area contributed by atoms with E-state index in [1.807, 2.05) is 30.3 Å². The zero-order chi connectivity index (χ0) is 16.8. The van der Waals surface area contributed by atoms with Gasteiger partial charge in [-0.15, -0.1) is 0 Å². The lowest BCUT2D eigenvalue weighted by molar-refractivity contribution is -0.128. The topological polar surface area (TPSA) is 59.4 Å². The second-order valence-corrected chi connectivity index (χ2v) is 6.69. The molecule has 0 aromatic heterocycles. The summed E-state index contributed by atoms with van der Waals surface area (Å²) in [6.07, 6.45) is 3.36. The van der Waals surface area contributed by atoms with Gasteiger partial charge >= 0.3 is 0 Å². The first-order chi connectivity index (χ1) is 11.0. The van der Waals surface area contributed by atoms with Crippen molar-refractivity contribution in [1.82, 2.24) is 9.80 Å². The fraction of sp³-hybridized carbons (Fsp3) is 0.412. The monoisotopic (exact) mass is 376 g/mol. The summed E-state index contributed by atoms with van der Waals surface area (Å²) in [5.74, 6) is -0.232. The van der Waals surface area contributed by atoms with Gasteiger partial charge in [-0.3, -0.25) is 4.79 Å². The quantitative estimate of drug-likeness (QED) is 0.648. The van der Waals surface area contributed by atoms with Crippen molar-refractivity contribution in [3.8, 4) is 6.07 Å². The Morgan fingerprint density at radius 3 is 2.78 bits per heavy atom. The summed E-state index contributed by atoms with van der Waals surface area (Å²) in [5.41, 5.74) is 0.938. The molecule has 6 heteroatoms. The van der Waals surface area contributed by atoms with E-state index in [9.17, 15) is 10.1 Å². The Labute approximate surface area is 145 Å². The molecule has 0 bridgehead atoms. The number of benzene rings is 1. The van der Waals surface area contributed by atoms with Gasteiger partial charge < -0.3 is 15.1 Å². The van der Waals surface area contributed by atoms with Crippen molar-refractivity contribution in [2.24, 2.45) is 0 Å². The second-order valence-electron chi connectivity index (χ2n) is 5.78. The van der Waals surface area contributed by atoms with E-state index in [0.717, 1.165) is 36.1 Å². The number of anilines is 1. The molecule has 2 rings (SSSR count). The minimum absolute atomic E-state index is 0.117. The Kier molecular flexibility index (Phi) is 6.20. The van der Waals surface area contributed by atoms with Crippen LogP contribution in [0.15, 0.2) is 40.5 Å². The molecule has 1 aliphatic heterocycles. The zero-order valence-corrected chi connectivity index (χ0v) is 15.0. The molecule has 0 atom stereocenters. The van der Waals surface area contributed by atoms with Gasteiger partial charge in [-0.2, -0.15) is 5.26 Å². The molecule has 5 nitrogen and oxygen atoms in total. The van der Waals surface area contributed by atoms with Gasteiger partial charge in [0.05, 0.1) is 0 Å². The summed E-state index contributed by atoms with van der Waals surface area (Å²) in [6.45, 7) is 1.95. The van der Waals surface area contributed by atoms with Crippen molar-refractivity contribution >= 4 is 27.5 Å². The number of piperidine rings is 1. The largest absolute Gasteiger partial charge is 0.360 e. The van der Waals surface area contributed by atoms with Crippen molar-refractivity contribution in [2.45, 2.75) is 18.9 Å². The van der Waals surface area contributed by atoms with Gasteiger partial charge in [0.25, 0.3) is 5.91 Å². The first-order valence-corrected chi connectivity index (χ1v) is 8.38. The molecule has 122 valence electrons. The van der Waals surface area contributed by atoms with Gasteiger partial charge in [0, 0.05) is 29.4 Å². The van der Waals surface area contributed by atoms with Gasteiger partial charge in [0.2, 0.25) is 0 Å². The van der Waals surface area contributed by atoms with Crippen LogP contribution in [-0.4, -0.2) is 48.9 Å². The van der Waals surface area contributed by atoms with Gasteiger partial charge in [-0.25, -0.2) is 0 Å². The van der Waals surface area contributed by atoms with Crippen LogP contribution in [0.2, 0.25) is 0 Å². The lowest BCUT2D eigenvalue weighted by atomic mass is 10.0. The molecular weight excluding hydrogens is 356 g/mol. The molecule has 1 heterocycles. The molecule has 1 N–H and O–H groups in total. The minimum atomic E-state index is -0.232. The van der Waals surface area contributed by atoms with Crippen LogP contribution in [0.3, 0.4) is 0 Å². The fourth-order valence-corrected chi connectivity index (χ4v) is 3.01. The molecule has 1 fully saturated rings. The maximum atomic E-state index is 12.5. The lowest BCUT2D eigenvalue weighted by Gasteiger charge is -2.34. The number of hydrogen-bond acceptors (Lipinski definition) is 4. The van der Waals surface area contributed by atoms with Crippen LogP contribution < -0.4 is 5.32 Å². The molecule has 0 spiro atoms. The molecule has 1 saturated heterocycles. The Bertz CT molecular complexity index is 630. The van der Waals surface area contributed by atoms with Crippen LogP contribution in [0.4, 0.5) is 5.69 Å². The van der Waals surface area contributed by atoms with Crippen molar-refractivity contribution in [2.75, 3.05) is 32.5 Å². The maximum absolute atomic E-state index is 12.5. The molecule has 1 aliphatic rings. The average Bonchev–Trinajstić information content (AvgIpc) is 2.55. The smallest absolute Gasteiger partial charge is 0.266 e. The van der Waals surface area contributed by atoms with Crippen LogP contribution in [0.25, 0.3) is 0 Å². The number of nitriles is 1. The summed E-state index contributed by atoms with van der Waals surface area (Å²) in [4.78, 5) is 16.5. The highest BCUT2D eigenvalue weighted by molar-refractivity contribution is 9.10. The number of rotatable bonds is 4. The summed E-state index contributed by atoms with van der Waals surface area (Å²) in [7, 11) is 3.86. The Morgan fingerprint density at radius 1 is 1.48 bits per heavy atom. The molecule has 0 aliphatic carbocycles. The summed E-state index contributed by atoms with van der Waals surface area (Å²) >= 11 is 3.39. The number of nitrogens with one attached hydrogen (secondary N) is 1. The Hall–Kier alpha value is -1.84. The lowest BCUT2D eigenvalue weighted by Crippen LogP contribution is -2.44. The summed E-state index contributed by atoms with van der Waals surface area (Å²) in [6, 6.07) is 9.76. The van der Waals surface area contributed by atoms with Crippen LogP contribution in [-0.2, 0) is 4.79 Å². The highest BCUT2D eigenvalue weighted by Gasteiger charge is 2.25. The van der Waals surface area contributed by atoms with Gasteiger partial charge in [0.1, 0.15) is 11.6 Å². The maximum Gasteiger partial charge on any atom is 0.266 e. The average molecular weight is 377 g/mol. The predicted octanol–water partition coefficient (Wildman–Crippen LogP) is 2.82. The molecule has 0 saturated carbocycles. The first-order valence-electron chi connectivity index (χ1n) is 7.59. The predicted molar refractivity (Wildman–Crippen MR) is 94.7 cm³/mol. The van der Waals surface area contributed by atoms with Crippen LogP contribution in [0.5, 0.6) is 0 Å². The van der Waals surface area contributed by atoms with E-state index in [1.165, 1.54) is 6.20 Å². The minimum Gasteiger partial charge on any atom is -0.360 e. The summed E-state index contributed by atoms with van der Waals surface area (Å²) in [5, 5.41) is 12.3. The van der Waals surface area contributed by atoms with E-state index in [4.69, 9.17) is 0 Å². The number of halogens is 1. The van der Waals surface area contributed by atoms with E-state index in [0.29, 0.717) is 0 Å². The highest BCUT2D eigenvalue weighted by atomic mass is 79.9. The third-order valence-corrected chi connectivity index (χ3v) is 4.61. The zero-order valence-electron chi connectivity index (χ0n) is 13.4. The number of hydrogen-bond donors (Lipinski definition) is 1. The van der Waals surface area contributed by atoms with E-state index >= 15 is 0 Å². The normalized spacial score (nSPS) is 16.7. The van der Waals surface area contributed by atoms with Crippen molar-refractivity contribution < 1.29 is 4.79 Å². The van der Waals surface area contributed by atoms with E-state index < -0.39 is 0 Å². The fourth-order valence-electron chi connectivity index (χ4n) is 2.61. The Balaban J connectivity index is 2.03. The van der Waals surface area contributed by atoms with E-state index in [2.05, 4.69) is 33.2 Å². The molecular formula is C17H21BrN4O. The van der Waals surface area contributed by atoms with Crippen molar-refractivity contribution in [3.05, 3.63) is 40.5 Å². The van der Waals surface area contributed by atoms with Gasteiger partial charge in [-0.1, -0.05) is 22.0 Å². The van der Waals surface area contributed by atoms with E-state index in [1.54, 1.807) is 11.9 Å². The molecule has 0 unspecified atom stereocenters. The van der Waals surface area contributed by atoms with Crippen molar-refractivity contribution in [1.29, 1.82) is 5.26 Å². The highest BCUT2D eigenvalue weighted by Crippen LogP contribution is 2.18. The molecule has 1 aromatic rings. The molecule has 23 heavy (non-hydrogen) atoms. The molecule has 1 amide bonds. The Morgan fingerprint density at radius 2 is 2.17 bits per heavy atom. The van der Waals surface area contributed by atoms with Crippen LogP contribution in [0, 0.1) is 11.3 Å². The number of likely N-dealkylation sites (N-methyl/N-ethyl adjacent to an activating group) is 1. The standard InChI is InChI=1S/C17H21BrN4O/c1-21-8-6-16(7-9-21)22(2)17(23)13(11-19)12-20-15-5-3-4-14(18)10-15/h3-5,10,12,16,20H,6-9H2,1-2H3/b13-12-. The van der Waals surface area contributed by atoms with E-state index in [-0.39, 0.29) is 17.5 Å². The van der Waals surface area contributed by atoms with Gasteiger partial charge in [-0.05, 0) is 51.2 Å². The molecule has 0 radical (unpaired) electrons. The number of likely N-dealkylation sites (tertiary alicyclic amines) is 1. The van der Waals surface area contributed by atoms with Crippen LogP contribution in [0.1, 0.15) is 12.8 Å². The summed E-state index contributed by atoms with van der Waals surface area (Å²) < 4.78 is 0.934. The third-order valence-electron chi connectivity index (χ3n) is 4.11. The second kappa shape index (κ2) is 8.14. The molecule has 1 aromatic carbocycles. The third kappa shape index (κ3) is 4.81. The first kappa shape index (κ1) is 17.5. The number of carbonyl (C=O) groups is 1. The van der Waals surface area contributed by atoms with Crippen LogP contribution >= 0.6 is 15.9 Å². The number of carbonyl (C=O) groups excluding carboxylic acids is 1.